The number of hydrogen-bond acceptors (Lipinski definition) is 7. The Kier molecular flexibility index (Phi) is 3.44. The molecular formula is C14H13NO7. The summed E-state index contributed by atoms with van der Waals surface area (Å²) in [5, 5.41) is 10.5. The number of rotatable bonds is 2. The summed E-state index contributed by atoms with van der Waals surface area (Å²) in [6.45, 7) is 0. The molecule has 1 aromatic heterocycles. The fourth-order valence-corrected chi connectivity index (χ4v) is 2.62. The van der Waals surface area contributed by atoms with Crippen LogP contribution in [0.4, 0.5) is 5.88 Å². The molecule has 1 aromatic rings. The lowest BCUT2D eigenvalue weighted by Gasteiger charge is -2.38. The maximum Gasteiger partial charge on any atom is 0.433 e. The molecule has 1 spiro atoms. The third-order valence-corrected chi connectivity index (χ3v) is 3.69. The van der Waals surface area contributed by atoms with Crippen LogP contribution in [-0.2, 0) is 19.1 Å². The Hall–Kier alpha value is -2.64. The highest BCUT2D eigenvalue weighted by Crippen LogP contribution is 2.37. The highest BCUT2D eigenvalue weighted by Gasteiger charge is 2.46. The Bertz CT molecular complexity index is 644. The van der Waals surface area contributed by atoms with E-state index in [0.29, 0.717) is 12.8 Å². The average Bonchev–Trinajstić information content (AvgIpc) is 2.93. The predicted octanol–water partition coefficient (Wildman–Crippen LogP) is 2.33. The Morgan fingerprint density at radius 2 is 1.73 bits per heavy atom. The van der Waals surface area contributed by atoms with Crippen molar-refractivity contribution in [1.82, 2.24) is 0 Å². The predicted molar refractivity (Wildman–Crippen MR) is 71.3 cm³/mol. The molecule has 1 saturated heterocycles. The zero-order valence-electron chi connectivity index (χ0n) is 11.6. The standard InChI is InChI=1S/C14H13NO7/c16-12-10(8-9-4-5-11(20-9)15(18)19)13(17)22-14(21-12)6-2-1-3-7-14/h4-5,8H,1-3,6-7H2. The van der Waals surface area contributed by atoms with E-state index < -0.39 is 28.5 Å². The lowest BCUT2D eigenvalue weighted by molar-refractivity contribution is -0.402. The summed E-state index contributed by atoms with van der Waals surface area (Å²) in [5.74, 6) is -3.21. The molecule has 2 aliphatic rings. The van der Waals surface area contributed by atoms with Crippen LogP contribution in [0.15, 0.2) is 22.1 Å². The molecule has 1 aliphatic heterocycles. The molecule has 0 aromatic carbocycles. The number of nitrogens with zero attached hydrogens (tertiary/aromatic N) is 1. The number of hydrogen-bond donors (Lipinski definition) is 0. The summed E-state index contributed by atoms with van der Waals surface area (Å²) in [4.78, 5) is 33.9. The zero-order chi connectivity index (χ0) is 15.7. The molecule has 1 saturated carbocycles. The van der Waals surface area contributed by atoms with Gasteiger partial charge in [-0.15, -0.1) is 0 Å². The van der Waals surface area contributed by atoms with Gasteiger partial charge in [-0.1, -0.05) is 6.42 Å². The first-order valence-corrected chi connectivity index (χ1v) is 6.92. The van der Waals surface area contributed by atoms with Crippen LogP contribution in [0, 0.1) is 10.1 Å². The Morgan fingerprint density at radius 3 is 2.27 bits per heavy atom. The van der Waals surface area contributed by atoms with Crippen molar-refractivity contribution in [2.45, 2.75) is 37.9 Å². The first-order valence-electron chi connectivity index (χ1n) is 6.92. The molecule has 0 amide bonds. The summed E-state index contributed by atoms with van der Waals surface area (Å²) in [7, 11) is 0. The third-order valence-electron chi connectivity index (χ3n) is 3.69. The van der Waals surface area contributed by atoms with Crippen molar-refractivity contribution in [3.8, 4) is 0 Å². The van der Waals surface area contributed by atoms with Gasteiger partial charge in [0.2, 0.25) is 0 Å². The van der Waals surface area contributed by atoms with Gasteiger partial charge < -0.3 is 13.9 Å². The molecule has 116 valence electrons. The molecule has 0 bridgehead atoms. The van der Waals surface area contributed by atoms with Crippen molar-refractivity contribution in [1.29, 1.82) is 0 Å². The van der Waals surface area contributed by atoms with E-state index in [1.54, 1.807) is 0 Å². The molecule has 1 aliphatic carbocycles. The summed E-state index contributed by atoms with van der Waals surface area (Å²) in [6, 6.07) is 2.42. The molecule has 2 fully saturated rings. The minimum absolute atomic E-state index is 0.00944. The Morgan fingerprint density at radius 1 is 1.09 bits per heavy atom. The molecule has 2 heterocycles. The van der Waals surface area contributed by atoms with E-state index in [1.165, 1.54) is 6.07 Å². The zero-order valence-corrected chi connectivity index (χ0v) is 11.6. The monoisotopic (exact) mass is 307 g/mol. The molecule has 8 heteroatoms. The van der Waals surface area contributed by atoms with Crippen molar-refractivity contribution >= 4 is 23.9 Å². The van der Waals surface area contributed by atoms with Gasteiger partial charge in [-0.05, 0) is 18.9 Å². The van der Waals surface area contributed by atoms with Crippen LogP contribution in [0.25, 0.3) is 6.08 Å². The van der Waals surface area contributed by atoms with E-state index in [2.05, 4.69) is 0 Å². The van der Waals surface area contributed by atoms with Gasteiger partial charge in [-0.2, -0.15) is 0 Å². The number of nitro groups is 1. The number of carbonyl (C=O) groups is 2. The van der Waals surface area contributed by atoms with E-state index in [1.807, 2.05) is 0 Å². The van der Waals surface area contributed by atoms with Gasteiger partial charge in [0.15, 0.2) is 0 Å². The van der Waals surface area contributed by atoms with Crippen LogP contribution < -0.4 is 0 Å². The largest absolute Gasteiger partial charge is 0.433 e. The van der Waals surface area contributed by atoms with Crippen molar-refractivity contribution in [3.63, 3.8) is 0 Å². The van der Waals surface area contributed by atoms with E-state index in [-0.39, 0.29) is 11.3 Å². The SMILES string of the molecule is O=C1OC2(CCCCC2)OC(=O)C1=Cc1ccc([N+](=O)[O-])o1. The Balaban J connectivity index is 1.82. The molecule has 0 N–H and O–H groups in total. The van der Waals surface area contributed by atoms with Crippen LogP contribution >= 0.6 is 0 Å². The average molecular weight is 307 g/mol. The quantitative estimate of drug-likeness (QED) is 0.271. The van der Waals surface area contributed by atoms with Crippen LogP contribution in [0.5, 0.6) is 0 Å². The summed E-state index contributed by atoms with van der Waals surface area (Å²) >= 11 is 0. The highest BCUT2D eigenvalue weighted by molar-refractivity contribution is 6.18. The molecule has 22 heavy (non-hydrogen) atoms. The molecule has 0 unspecified atom stereocenters. The number of esters is 2. The molecular weight excluding hydrogens is 294 g/mol. The first kappa shape index (κ1) is 14.3. The normalized spacial score (nSPS) is 20.5. The van der Waals surface area contributed by atoms with Crippen LogP contribution in [0.2, 0.25) is 0 Å². The van der Waals surface area contributed by atoms with Crippen molar-refractivity contribution in [2.24, 2.45) is 0 Å². The second-order valence-corrected chi connectivity index (χ2v) is 5.24. The van der Waals surface area contributed by atoms with Gasteiger partial charge in [0.05, 0.1) is 6.07 Å². The van der Waals surface area contributed by atoms with Gasteiger partial charge in [0, 0.05) is 18.9 Å². The second-order valence-electron chi connectivity index (χ2n) is 5.24. The molecule has 0 atom stereocenters. The lowest BCUT2D eigenvalue weighted by atomic mass is 9.93. The van der Waals surface area contributed by atoms with Gasteiger partial charge in [0.1, 0.15) is 16.3 Å². The summed E-state index contributed by atoms with van der Waals surface area (Å²) in [5.41, 5.74) is -0.333. The fraction of sp³-hybridized carbons (Fsp3) is 0.429. The van der Waals surface area contributed by atoms with Gasteiger partial charge >= 0.3 is 17.8 Å². The Labute approximate surface area is 124 Å². The van der Waals surface area contributed by atoms with E-state index in [0.717, 1.165) is 31.4 Å². The first-order chi connectivity index (χ1) is 10.5. The van der Waals surface area contributed by atoms with E-state index in [9.17, 15) is 19.7 Å². The molecule has 8 nitrogen and oxygen atoms in total. The topological polar surface area (TPSA) is 109 Å². The van der Waals surface area contributed by atoms with Crippen molar-refractivity contribution < 1.29 is 28.4 Å². The minimum Gasteiger partial charge on any atom is -0.419 e. The van der Waals surface area contributed by atoms with Crippen molar-refractivity contribution in [2.75, 3.05) is 0 Å². The van der Waals surface area contributed by atoms with Crippen molar-refractivity contribution in [3.05, 3.63) is 33.6 Å². The summed E-state index contributed by atoms with van der Waals surface area (Å²) < 4.78 is 15.5. The molecule has 0 radical (unpaired) electrons. The highest BCUT2D eigenvalue weighted by atomic mass is 16.7. The smallest absolute Gasteiger partial charge is 0.419 e. The minimum atomic E-state index is -1.15. The maximum atomic E-state index is 12.1. The second kappa shape index (κ2) is 5.28. The molecule has 3 rings (SSSR count). The number of carbonyl (C=O) groups excluding carboxylic acids is 2. The fourth-order valence-electron chi connectivity index (χ4n) is 2.62. The summed E-state index contributed by atoms with van der Waals surface area (Å²) in [6.07, 6.45) is 4.73. The van der Waals surface area contributed by atoms with E-state index >= 15 is 0 Å². The third kappa shape index (κ3) is 2.59. The number of furan rings is 1. The van der Waals surface area contributed by atoms with Gasteiger partial charge in [-0.25, -0.2) is 9.59 Å². The maximum absolute atomic E-state index is 12.1. The number of ether oxygens (including phenoxy) is 2. The van der Waals surface area contributed by atoms with Gasteiger partial charge in [-0.3, -0.25) is 10.1 Å². The van der Waals surface area contributed by atoms with Crippen LogP contribution in [0.1, 0.15) is 37.9 Å². The van der Waals surface area contributed by atoms with Gasteiger partial charge in [0.25, 0.3) is 5.79 Å². The van der Waals surface area contributed by atoms with Crippen LogP contribution in [0.3, 0.4) is 0 Å². The lowest BCUT2D eigenvalue weighted by Crippen LogP contribution is -2.47. The van der Waals surface area contributed by atoms with Crippen LogP contribution in [-0.4, -0.2) is 22.6 Å². The van der Waals surface area contributed by atoms with E-state index in [4.69, 9.17) is 13.9 Å².